The van der Waals surface area contributed by atoms with Crippen LogP contribution in [0.15, 0.2) is 67.1 Å². The Balaban J connectivity index is 1.62. The van der Waals surface area contributed by atoms with Gasteiger partial charge in [-0.05, 0) is 29.8 Å². The Morgan fingerprint density at radius 2 is 1.97 bits per heavy atom. The smallest absolute Gasteiger partial charge is 0.227 e. The highest BCUT2D eigenvalue weighted by atomic mass is 16.5. The highest BCUT2D eigenvalue weighted by Gasteiger charge is 2.08. The Hall–Kier alpha value is -3.95. The fourth-order valence-corrected chi connectivity index (χ4v) is 2.87. The standard InChI is InChI=1S/C23H18N4O2/c1-2-18-10-19-13-25-23(26-20-7-3-5-16(9-20)14-28)27-21(19)11-22(18)29-15-17-6-4-8-24-12-17/h1,3-13,28H,14-15H2,(H,25,26,27). The number of hydrogen-bond donors (Lipinski definition) is 2. The number of rotatable bonds is 6. The predicted molar refractivity (Wildman–Crippen MR) is 112 cm³/mol. The lowest BCUT2D eigenvalue weighted by Crippen LogP contribution is -2.00. The van der Waals surface area contributed by atoms with E-state index in [0.717, 1.165) is 22.2 Å². The molecule has 29 heavy (non-hydrogen) atoms. The van der Waals surface area contributed by atoms with Gasteiger partial charge in [0.05, 0.1) is 17.7 Å². The van der Waals surface area contributed by atoms with Crippen LogP contribution in [0.3, 0.4) is 0 Å². The van der Waals surface area contributed by atoms with E-state index >= 15 is 0 Å². The molecule has 0 spiro atoms. The number of aliphatic hydroxyl groups excluding tert-OH is 1. The molecular weight excluding hydrogens is 364 g/mol. The number of pyridine rings is 1. The molecule has 4 aromatic rings. The van der Waals surface area contributed by atoms with Gasteiger partial charge in [0.1, 0.15) is 12.4 Å². The van der Waals surface area contributed by atoms with Crippen molar-refractivity contribution < 1.29 is 9.84 Å². The van der Waals surface area contributed by atoms with E-state index in [1.807, 2.05) is 48.5 Å². The number of aromatic nitrogens is 3. The summed E-state index contributed by atoms with van der Waals surface area (Å²) in [6.07, 6.45) is 10.8. The van der Waals surface area contributed by atoms with Crippen molar-refractivity contribution in [2.75, 3.05) is 5.32 Å². The summed E-state index contributed by atoms with van der Waals surface area (Å²) >= 11 is 0. The first-order valence-electron chi connectivity index (χ1n) is 9.01. The van der Waals surface area contributed by atoms with E-state index in [2.05, 4.69) is 26.2 Å². The van der Waals surface area contributed by atoms with E-state index < -0.39 is 0 Å². The molecule has 0 bridgehead atoms. The van der Waals surface area contributed by atoms with Crippen LogP contribution < -0.4 is 10.1 Å². The summed E-state index contributed by atoms with van der Waals surface area (Å²) < 4.78 is 5.92. The minimum absolute atomic E-state index is 0.0272. The van der Waals surface area contributed by atoms with Gasteiger partial charge in [0.2, 0.25) is 5.95 Å². The summed E-state index contributed by atoms with van der Waals surface area (Å²) in [4.78, 5) is 13.0. The molecule has 6 heteroatoms. The van der Waals surface area contributed by atoms with Gasteiger partial charge in [-0.25, -0.2) is 9.97 Å². The fourth-order valence-electron chi connectivity index (χ4n) is 2.87. The second kappa shape index (κ2) is 8.38. The maximum Gasteiger partial charge on any atom is 0.227 e. The maximum atomic E-state index is 9.29. The highest BCUT2D eigenvalue weighted by molar-refractivity contribution is 5.83. The van der Waals surface area contributed by atoms with Crippen LogP contribution in [-0.2, 0) is 13.2 Å². The van der Waals surface area contributed by atoms with Crippen molar-refractivity contribution in [3.05, 3.63) is 83.8 Å². The van der Waals surface area contributed by atoms with Crippen molar-refractivity contribution >= 4 is 22.5 Å². The van der Waals surface area contributed by atoms with Gasteiger partial charge in [0, 0.05) is 41.3 Å². The molecule has 0 aliphatic rings. The molecule has 0 fully saturated rings. The number of benzene rings is 2. The first-order valence-corrected chi connectivity index (χ1v) is 9.01. The van der Waals surface area contributed by atoms with Crippen LogP contribution in [0.5, 0.6) is 5.75 Å². The molecule has 6 nitrogen and oxygen atoms in total. The zero-order valence-corrected chi connectivity index (χ0v) is 15.5. The normalized spacial score (nSPS) is 10.5. The zero-order valence-electron chi connectivity index (χ0n) is 15.5. The number of terminal acetylenes is 1. The van der Waals surface area contributed by atoms with Gasteiger partial charge in [-0.15, -0.1) is 6.42 Å². The van der Waals surface area contributed by atoms with E-state index in [9.17, 15) is 5.11 Å². The number of ether oxygens (including phenoxy) is 1. The summed E-state index contributed by atoms with van der Waals surface area (Å²) in [5.41, 5.74) is 3.90. The molecule has 4 rings (SSSR count). The van der Waals surface area contributed by atoms with Crippen molar-refractivity contribution in [2.24, 2.45) is 0 Å². The lowest BCUT2D eigenvalue weighted by molar-refractivity contribution is 0.282. The van der Waals surface area contributed by atoms with Gasteiger partial charge in [0.15, 0.2) is 0 Å². The summed E-state index contributed by atoms with van der Waals surface area (Å²) in [7, 11) is 0. The third-order valence-corrected chi connectivity index (χ3v) is 4.32. The first kappa shape index (κ1) is 18.4. The monoisotopic (exact) mass is 382 g/mol. The van der Waals surface area contributed by atoms with Gasteiger partial charge in [0.25, 0.3) is 0 Å². The molecule has 0 aliphatic heterocycles. The molecule has 0 atom stereocenters. The molecule has 142 valence electrons. The van der Waals surface area contributed by atoms with Gasteiger partial charge in [-0.3, -0.25) is 4.98 Å². The van der Waals surface area contributed by atoms with E-state index in [4.69, 9.17) is 11.2 Å². The summed E-state index contributed by atoms with van der Waals surface area (Å²) in [6.45, 7) is 0.332. The predicted octanol–water partition coefficient (Wildman–Crippen LogP) is 3.82. The minimum Gasteiger partial charge on any atom is -0.487 e. The van der Waals surface area contributed by atoms with Crippen LogP contribution in [-0.4, -0.2) is 20.1 Å². The fraction of sp³-hybridized carbons (Fsp3) is 0.0870. The van der Waals surface area contributed by atoms with Crippen LogP contribution in [0.2, 0.25) is 0 Å². The Labute approximate surface area is 168 Å². The molecule has 2 N–H and O–H groups in total. The average molecular weight is 382 g/mol. The number of hydrogen-bond acceptors (Lipinski definition) is 6. The molecule has 2 aromatic heterocycles. The lowest BCUT2D eigenvalue weighted by atomic mass is 10.1. The number of nitrogens with one attached hydrogen (secondary N) is 1. The zero-order chi connectivity index (χ0) is 20.1. The summed E-state index contributed by atoms with van der Waals surface area (Å²) in [5, 5.41) is 13.3. The van der Waals surface area contributed by atoms with E-state index in [1.54, 1.807) is 18.6 Å². The van der Waals surface area contributed by atoms with E-state index in [0.29, 0.717) is 29.4 Å². The van der Waals surface area contributed by atoms with Crippen LogP contribution in [0.1, 0.15) is 16.7 Å². The van der Waals surface area contributed by atoms with Gasteiger partial charge < -0.3 is 15.2 Å². The third kappa shape index (κ3) is 4.32. The van der Waals surface area contributed by atoms with Crippen LogP contribution in [0, 0.1) is 12.3 Å². The Morgan fingerprint density at radius 1 is 1.07 bits per heavy atom. The molecule has 0 saturated heterocycles. The Bertz CT molecular complexity index is 1190. The quantitative estimate of drug-likeness (QED) is 0.494. The van der Waals surface area contributed by atoms with Gasteiger partial charge in [-0.2, -0.15) is 0 Å². The molecule has 0 radical (unpaired) electrons. The minimum atomic E-state index is -0.0272. The molecule has 0 aliphatic carbocycles. The first-order chi connectivity index (χ1) is 14.2. The number of anilines is 2. The summed E-state index contributed by atoms with van der Waals surface area (Å²) in [5.74, 6) is 3.68. The molecular formula is C23H18N4O2. The summed E-state index contributed by atoms with van der Waals surface area (Å²) in [6, 6.07) is 14.9. The molecule has 0 saturated carbocycles. The van der Waals surface area contributed by atoms with Crippen molar-refractivity contribution in [3.63, 3.8) is 0 Å². The van der Waals surface area contributed by atoms with Crippen molar-refractivity contribution in [3.8, 4) is 18.1 Å². The molecule has 2 aromatic carbocycles. The Kier molecular flexibility index (Phi) is 5.32. The van der Waals surface area contributed by atoms with Crippen molar-refractivity contribution in [2.45, 2.75) is 13.2 Å². The third-order valence-electron chi connectivity index (χ3n) is 4.32. The van der Waals surface area contributed by atoms with Gasteiger partial charge >= 0.3 is 0 Å². The van der Waals surface area contributed by atoms with Gasteiger partial charge in [-0.1, -0.05) is 24.1 Å². The molecule has 2 heterocycles. The highest BCUT2D eigenvalue weighted by Crippen LogP contribution is 2.26. The van der Waals surface area contributed by atoms with Crippen LogP contribution >= 0.6 is 0 Å². The number of fused-ring (bicyclic) bond motifs is 1. The maximum absolute atomic E-state index is 9.29. The topological polar surface area (TPSA) is 80.2 Å². The Morgan fingerprint density at radius 3 is 2.76 bits per heavy atom. The number of aliphatic hydroxyl groups is 1. The second-order valence-corrected chi connectivity index (χ2v) is 6.38. The lowest BCUT2D eigenvalue weighted by Gasteiger charge is -2.11. The SMILES string of the molecule is C#Cc1cc2cnc(Nc3cccc(CO)c3)nc2cc1OCc1cccnc1. The molecule has 0 unspecified atom stereocenters. The van der Waals surface area contributed by atoms with Crippen molar-refractivity contribution in [1.82, 2.24) is 15.0 Å². The van der Waals surface area contributed by atoms with E-state index in [-0.39, 0.29) is 6.61 Å². The second-order valence-electron chi connectivity index (χ2n) is 6.38. The average Bonchev–Trinajstić information content (AvgIpc) is 2.77. The number of nitrogens with zero attached hydrogens (tertiary/aromatic N) is 3. The van der Waals surface area contributed by atoms with E-state index in [1.165, 1.54) is 0 Å². The van der Waals surface area contributed by atoms with Crippen molar-refractivity contribution in [1.29, 1.82) is 0 Å². The van der Waals surface area contributed by atoms with Crippen LogP contribution in [0.4, 0.5) is 11.6 Å². The largest absolute Gasteiger partial charge is 0.487 e. The van der Waals surface area contributed by atoms with Crippen LogP contribution in [0.25, 0.3) is 10.9 Å². The molecule has 0 amide bonds.